The number of nitrogens with one attached hydrogen (secondary N) is 7. The summed E-state index contributed by atoms with van der Waals surface area (Å²) >= 11 is 0. The van der Waals surface area contributed by atoms with Crippen LogP contribution in [-0.2, 0) is 54.4 Å². The molecule has 0 radical (unpaired) electrons. The molecule has 0 saturated heterocycles. The van der Waals surface area contributed by atoms with E-state index in [1.54, 1.807) is 53.8 Å². The van der Waals surface area contributed by atoms with Gasteiger partial charge in [0.25, 0.3) is 0 Å². The number of carboxylic acid groups (broad SMARTS) is 1. The number of Topliss-reactive ketones (excluding diaryl/α,β-unsaturated/α-hetero) is 2. The maximum atomic E-state index is 13.9. The minimum absolute atomic E-state index is 0.0783. The van der Waals surface area contributed by atoms with Crippen molar-refractivity contribution in [2.24, 2.45) is 29.0 Å². The summed E-state index contributed by atoms with van der Waals surface area (Å²) in [7, 11) is 1.60. The monoisotopic (exact) mass is 1060 g/mol. The molecule has 22 nitrogen and oxygen atoms in total. The number of nitrogens with two attached hydrogens (primary N) is 3. The van der Waals surface area contributed by atoms with Crippen molar-refractivity contribution in [2.75, 3.05) is 13.6 Å². The number of carboxylic acids is 1. The molecule has 1 aromatic rings. The molecule has 0 heterocycles. The van der Waals surface area contributed by atoms with E-state index in [2.05, 4.69) is 37.2 Å². The van der Waals surface area contributed by atoms with Crippen molar-refractivity contribution in [1.29, 1.82) is 0 Å². The van der Waals surface area contributed by atoms with Crippen LogP contribution < -0.4 is 54.4 Å². The quantitative estimate of drug-likeness (QED) is 0.0330. The van der Waals surface area contributed by atoms with Crippen molar-refractivity contribution in [3.63, 3.8) is 0 Å². The van der Waals surface area contributed by atoms with Crippen LogP contribution in [0.1, 0.15) is 151 Å². The summed E-state index contributed by atoms with van der Waals surface area (Å²) in [5.74, 6) is -7.77. The fraction of sp³-hybridized carbons (Fsp3) is 0.660. The molecule has 1 aromatic carbocycles. The second kappa shape index (κ2) is 33.6. The summed E-state index contributed by atoms with van der Waals surface area (Å²) < 4.78 is 0. The molecule has 0 spiro atoms. The number of amides is 7. The van der Waals surface area contributed by atoms with E-state index in [0.29, 0.717) is 70.8 Å². The number of rotatable bonds is 38. The fourth-order valence-electron chi connectivity index (χ4n) is 8.05. The number of unbranched alkanes of at least 4 members (excludes halogenated alkanes) is 3. The molecule has 0 bridgehead atoms. The number of hydrogen-bond donors (Lipinski definition) is 12. The zero-order chi connectivity index (χ0) is 57.1. The lowest BCUT2D eigenvalue weighted by Gasteiger charge is -2.32. The maximum Gasteiger partial charge on any atom is 0.305 e. The number of aromatic hydroxyl groups is 1. The highest BCUT2D eigenvalue weighted by Gasteiger charge is 2.38. The molecule has 15 N–H and O–H groups in total. The van der Waals surface area contributed by atoms with Crippen molar-refractivity contribution >= 4 is 58.9 Å². The van der Waals surface area contributed by atoms with Crippen molar-refractivity contribution in [1.82, 2.24) is 37.2 Å². The largest absolute Gasteiger partial charge is 0.508 e. The zero-order valence-corrected chi connectivity index (χ0v) is 45.6. The van der Waals surface area contributed by atoms with Crippen LogP contribution in [0.2, 0.25) is 0 Å². The molecule has 10 atom stereocenters. The predicted molar refractivity (Wildman–Crippen MR) is 284 cm³/mol. The van der Waals surface area contributed by atoms with E-state index in [9.17, 15) is 58.2 Å². The number of allylic oxidation sites excluding steroid dienone is 2. The third-order valence-electron chi connectivity index (χ3n) is 13.9. The number of phenols is 1. The van der Waals surface area contributed by atoms with E-state index >= 15 is 0 Å². The smallest absolute Gasteiger partial charge is 0.305 e. The summed E-state index contributed by atoms with van der Waals surface area (Å²) in [6, 6.07) is -0.886. The Morgan fingerprint density at radius 2 is 1.19 bits per heavy atom. The molecule has 0 aliphatic rings. The average molecular weight is 1060 g/mol. The first kappa shape index (κ1) is 66.8. The van der Waals surface area contributed by atoms with Gasteiger partial charge in [0.15, 0.2) is 11.6 Å². The molecule has 1 rings (SSSR count). The molecule has 0 aliphatic carbocycles. The summed E-state index contributed by atoms with van der Waals surface area (Å²) in [4.78, 5) is 131. The molecule has 0 aromatic heterocycles. The van der Waals surface area contributed by atoms with Crippen LogP contribution in [0.15, 0.2) is 36.4 Å². The first-order valence-electron chi connectivity index (χ1n) is 26.1. The lowest BCUT2D eigenvalue weighted by atomic mass is 9.89. The van der Waals surface area contributed by atoms with Crippen LogP contribution in [0.5, 0.6) is 5.75 Å². The van der Waals surface area contributed by atoms with Crippen molar-refractivity contribution in [2.45, 2.75) is 199 Å². The molecule has 0 unspecified atom stereocenters. The first-order chi connectivity index (χ1) is 35.2. The van der Waals surface area contributed by atoms with E-state index in [1.165, 1.54) is 26.0 Å². The Labute approximate surface area is 442 Å². The van der Waals surface area contributed by atoms with Gasteiger partial charge in [-0.25, -0.2) is 0 Å². The van der Waals surface area contributed by atoms with Crippen molar-refractivity contribution in [3.8, 4) is 5.75 Å². The van der Waals surface area contributed by atoms with Crippen molar-refractivity contribution < 1.29 is 58.2 Å². The second-order valence-electron chi connectivity index (χ2n) is 20.1. The van der Waals surface area contributed by atoms with E-state index in [4.69, 9.17) is 17.2 Å². The maximum absolute atomic E-state index is 13.9. The lowest BCUT2D eigenvalue weighted by Crippen LogP contribution is -2.62. The van der Waals surface area contributed by atoms with E-state index in [-0.39, 0.29) is 48.9 Å². The topological polar surface area (TPSA) is 373 Å². The Morgan fingerprint density at radius 1 is 0.667 bits per heavy atom. The van der Waals surface area contributed by atoms with Crippen LogP contribution in [0.4, 0.5) is 0 Å². The Kier molecular flexibility index (Phi) is 29.9. The van der Waals surface area contributed by atoms with Gasteiger partial charge in [-0.15, -0.1) is 0 Å². The molecular formula is C53H88N10O12. The van der Waals surface area contributed by atoms with Gasteiger partial charge in [0, 0.05) is 6.42 Å². The van der Waals surface area contributed by atoms with Gasteiger partial charge in [-0.2, -0.15) is 0 Å². The van der Waals surface area contributed by atoms with Gasteiger partial charge in [-0.1, -0.05) is 64.8 Å². The van der Waals surface area contributed by atoms with E-state index < -0.39 is 107 Å². The van der Waals surface area contributed by atoms with Gasteiger partial charge in [-0.3, -0.25) is 47.9 Å². The first-order valence-corrected chi connectivity index (χ1v) is 26.1. The number of carbonyl (C=O) groups is 10. The van der Waals surface area contributed by atoms with Crippen LogP contribution in [-0.4, -0.2) is 130 Å². The number of hydrogen-bond acceptors (Lipinski definition) is 14. The number of likely N-dealkylation sites (N-methyl/N-ethyl adjacent to an activating group) is 1. The fourth-order valence-corrected chi connectivity index (χ4v) is 8.05. The molecule has 0 saturated carbocycles. The molecule has 422 valence electrons. The Bertz CT molecular complexity index is 2110. The van der Waals surface area contributed by atoms with Gasteiger partial charge in [-0.05, 0) is 141 Å². The minimum Gasteiger partial charge on any atom is -0.508 e. The van der Waals surface area contributed by atoms with Crippen LogP contribution in [0, 0.1) is 11.8 Å². The van der Waals surface area contributed by atoms with Gasteiger partial charge in [0.2, 0.25) is 41.4 Å². The number of ketones is 2. The lowest BCUT2D eigenvalue weighted by molar-refractivity contribution is -0.142. The molecule has 22 heteroatoms. The molecule has 0 aliphatic heterocycles. The number of phenolic OH excluding ortho intramolecular Hbond substituents is 1. The number of aliphatic carboxylic acids is 1. The molecule has 75 heavy (non-hydrogen) atoms. The predicted octanol–water partition coefficient (Wildman–Crippen LogP) is 1.58. The molecule has 7 amide bonds. The third-order valence-corrected chi connectivity index (χ3v) is 13.9. The molecule has 0 fully saturated rings. The second-order valence-corrected chi connectivity index (χ2v) is 20.1. The SMILES string of the molecule is CC[C@H](C)[C@H](NC(=O)[C@H](CCC(N)=O)NC(=O)[C@H](CC(=O)O)NC(=O)[C@@H](NC(=O)[C@](C)(CCC/C=C/CCC[C@](C)(NC(=O)[C@H](CCCCN)NC(=O)[C@@H](N)Cc1ccc(O)cc1)C(C)=O)NC)[C@@H](C)CC)C(C)=O. The normalized spacial score (nSPS) is 16.2. The number of benzene rings is 1. The Balaban J connectivity index is 3.01. The van der Waals surface area contributed by atoms with Crippen LogP contribution in [0.3, 0.4) is 0 Å². The highest BCUT2D eigenvalue weighted by atomic mass is 16.4. The van der Waals surface area contributed by atoms with Gasteiger partial charge >= 0.3 is 5.97 Å². The van der Waals surface area contributed by atoms with Gasteiger partial charge in [0.1, 0.15) is 29.9 Å². The number of primary amides is 1. The zero-order valence-electron chi connectivity index (χ0n) is 45.6. The Hall–Kier alpha value is -6.26. The van der Waals surface area contributed by atoms with Crippen LogP contribution >= 0.6 is 0 Å². The standard InChI is InChI=1S/C53H88N10O12/c1-10-32(3)44(34(5)64)61-47(71)40(25-26-42(56)67)59-48(72)41(31-43(68)69)60-50(74)45(33(4)11-2)62-51(75)53(8,57-9)28-18-15-13-12-14-17-27-52(7,35(6)65)63-49(73)39(20-16-19-29-54)58-46(70)38(55)30-36-21-23-37(66)24-22-36/h12-13,21-24,32-33,38-41,44-45,57,66H,10-11,14-20,25-31,54-55H2,1-9H3,(H2,56,67)(H,58,70)(H,59,72)(H,60,74)(H,61,71)(H,62,75)(H,63,73)(H,68,69)/b13-12+/t32-,33-,38-,39-,40-,41-,44-,45-,52-,53-/m0/s1. The van der Waals surface area contributed by atoms with Gasteiger partial charge in [0.05, 0.1) is 29.6 Å². The number of carbonyl (C=O) groups excluding carboxylic acids is 9. The van der Waals surface area contributed by atoms with Crippen LogP contribution in [0.25, 0.3) is 0 Å². The van der Waals surface area contributed by atoms with E-state index in [1.807, 2.05) is 19.1 Å². The van der Waals surface area contributed by atoms with Crippen molar-refractivity contribution in [3.05, 3.63) is 42.0 Å². The Morgan fingerprint density at radius 3 is 1.69 bits per heavy atom. The molecular weight excluding hydrogens is 969 g/mol. The summed E-state index contributed by atoms with van der Waals surface area (Å²) in [6.45, 7) is 13.5. The highest BCUT2D eigenvalue weighted by Crippen LogP contribution is 2.20. The van der Waals surface area contributed by atoms with Gasteiger partial charge < -0.3 is 64.6 Å². The summed E-state index contributed by atoms with van der Waals surface area (Å²) in [5, 5.41) is 38.2. The third kappa shape index (κ3) is 23.9. The average Bonchev–Trinajstić information content (AvgIpc) is 3.35. The summed E-state index contributed by atoms with van der Waals surface area (Å²) in [6.07, 6.45) is 7.81. The minimum atomic E-state index is -1.71. The summed E-state index contributed by atoms with van der Waals surface area (Å²) in [5.41, 5.74) is 15.5. The van der Waals surface area contributed by atoms with E-state index in [0.717, 1.165) is 5.56 Å². The highest BCUT2D eigenvalue weighted by molar-refractivity contribution is 5.98.